The molecule has 0 spiro atoms. The molecule has 0 unspecified atom stereocenters. The Kier molecular flexibility index (Phi) is 6.92. The Bertz CT molecular complexity index is 206. The number of pyridine rings is 1. The lowest BCUT2D eigenvalue weighted by Gasteiger charge is -2.02. The molecule has 13 heavy (non-hydrogen) atoms. The van der Waals surface area contributed by atoms with Crippen molar-refractivity contribution in [3.63, 3.8) is 0 Å². The summed E-state index contributed by atoms with van der Waals surface area (Å²) in [5.41, 5.74) is 6.49. The minimum Gasteiger partial charge on any atom is -0.369 e. The molecule has 0 amide bonds. The van der Waals surface area contributed by atoms with Gasteiger partial charge in [0, 0.05) is 19.3 Å². The zero-order valence-electron chi connectivity index (χ0n) is 8.67. The van der Waals surface area contributed by atoms with E-state index in [9.17, 15) is 0 Å². The van der Waals surface area contributed by atoms with Crippen molar-refractivity contribution >= 4 is 5.82 Å². The molecule has 74 valence electrons. The van der Waals surface area contributed by atoms with E-state index in [1.165, 1.54) is 5.56 Å². The van der Waals surface area contributed by atoms with Gasteiger partial charge in [-0.25, -0.2) is 4.98 Å². The van der Waals surface area contributed by atoms with Crippen molar-refractivity contribution in [3.05, 3.63) is 23.9 Å². The smallest absolute Gasteiger partial charge is 0.125 e. The summed E-state index contributed by atoms with van der Waals surface area (Å²) in [6, 6.07) is 3.97. The second kappa shape index (κ2) is 7.55. The van der Waals surface area contributed by atoms with Gasteiger partial charge in [-0.2, -0.15) is 0 Å². The number of hydrogen-bond donors (Lipinski definition) is 2. The predicted molar refractivity (Wildman–Crippen MR) is 57.9 cm³/mol. The number of nitrogens with zero attached hydrogens (tertiary/aromatic N) is 1. The fraction of sp³-hybridized carbons (Fsp3) is 0.500. The minimum absolute atomic E-state index is 0.634. The molecular formula is C10H19N3. The van der Waals surface area contributed by atoms with E-state index in [0.717, 1.165) is 12.4 Å². The van der Waals surface area contributed by atoms with Gasteiger partial charge in [0.2, 0.25) is 0 Å². The molecule has 0 atom stereocenters. The molecule has 3 nitrogen and oxygen atoms in total. The molecule has 3 heteroatoms. The number of rotatable bonds is 3. The van der Waals surface area contributed by atoms with Gasteiger partial charge in [0.1, 0.15) is 5.82 Å². The normalized spacial score (nSPS) is 8.62. The highest BCUT2D eigenvalue weighted by Gasteiger charge is 1.89. The molecular weight excluding hydrogens is 162 g/mol. The lowest BCUT2D eigenvalue weighted by molar-refractivity contribution is 1.01. The molecule has 0 aliphatic rings. The third kappa shape index (κ3) is 5.20. The highest BCUT2D eigenvalue weighted by Crippen LogP contribution is 2.02. The maximum Gasteiger partial charge on any atom is 0.125 e. The first-order valence-electron chi connectivity index (χ1n) is 4.69. The molecule has 1 aromatic heterocycles. The molecule has 0 aromatic carbocycles. The van der Waals surface area contributed by atoms with Crippen molar-refractivity contribution < 1.29 is 0 Å². The molecule has 0 saturated carbocycles. The van der Waals surface area contributed by atoms with Crippen molar-refractivity contribution in [2.24, 2.45) is 5.73 Å². The Morgan fingerprint density at radius 3 is 2.54 bits per heavy atom. The SMILES string of the molecule is CC.Cc1ccc(NCCN)nc1. The summed E-state index contributed by atoms with van der Waals surface area (Å²) >= 11 is 0. The number of aromatic nitrogens is 1. The maximum absolute atomic E-state index is 5.32. The van der Waals surface area contributed by atoms with E-state index in [-0.39, 0.29) is 0 Å². The van der Waals surface area contributed by atoms with Gasteiger partial charge in [-0.1, -0.05) is 19.9 Å². The van der Waals surface area contributed by atoms with Crippen molar-refractivity contribution in [2.75, 3.05) is 18.4 Å². The van der Waals surface area contributed by atoms with Gasteiger partial charge < -0.3 is 11.1 Å². The van der Waals surface area contributed by atoms with Crippen molar-refractivity contribution in [3.8, 4) is 0 Å². The van der Waals surface area contributed by atoms with Gasteiger partial charge >= 0.3 is 0 Å². The average Bonchev–Trinajstić information content (AvgIpc) is 2.20. The first kappa shape index (κ1) is 11.9. The maximum atomic E-state index is 5.32. The van der Waals surface area contributed by atoms with Crippen LogP contribution in [0.3, 0.4) is 0 Å². The highest BCUT2D eigenvalue weighted by molar-refractivity contribution is 5.34. The fourth-order valence-corrected chi connectivity index (χ4v) is 0.773. The largest absolute Gasteiger partial charge is 0.369 e. The van der Waals surface area contributed by atoms with Gasteiger partial charge in [-0.15, -0.1) is 0 Å². The second-order valence-electron chi connectivity index (χ2n) is 2.44. The van der Waals surface area contributed by atoms with Gasteiger partial charge in [-0.3, -0.25) is 0 Å². The van der Waals surface area contributed by atoms with Crippen LogP contribution < -0.4 is 11.1 Å². The number of nitrogens with two attached hydrogens (primary N) is 1. The minimum atomic E-state index is 0.634. The fourth-order valence-electron chi connectivity index (χ4n) is 0.773. The first-order valence-corrected chi connectivity index (χ1v) is 4.69. The van der Waals surface area contributed by atoms with Gasteiger partial charge in [0.15, 0.2) is 0 Å². The molecule has 1 aromatic rings. The van der Waals surface area contributed by atoms with Gasteiger partial charge in [0.05, 0.1) is 0 Å². The van der Waals surface area contributed by atoms with E-state index in [1.54, 1.807) is 0 Å². The first-order chi connectivity index (χ1) is 6.33. The van der Waals surface area contributed by atoms with Gasteiger partial charge in [-0.05, 0) is 18.6 Å². The lowest BCUT2D eigenvalue weighted by atomic mass is 10.3. The van der Waals surface area contributed by atoms with Crippen LogP contribution in [0, 0.1) is 6.92 Å². The quantitative estimate of drug-likeness (QED) is 0.747. The number of hydrogen-bond acceptors (Lipinski definition) is 3. The van der Waals surface area contributed by atoms with E-state index in [0.29, 0.717) is 6.54 Å². The number of aryl methyl sites for hydroxylation is 1. The Labute approximate surface area is 80.4 Å². The van der Waals surface area contributed by atoms with Crippen molar-refractivity contribution in [2.45, 2.75) is 20.8 Å². The molecule has 3 N–H and O–H groups in total. The third-order valence-corrected chi connectivity index (χ3v) is 1.36. The molecule has 0 aliphatic carbocycles. The Hall–Kier alpha value is -1.09. The molecule has 0 saturated heterocycles. The van der Waals surface area contributed by atoms with Crippen molar-refractivity contribution in [1.82, 2.24) is 4.98 Å². The van der Waals surface area contributed by atoms with Crippen LogP contribution in [0.4, 0.5) is 5.82 Å². The molecule has 1 rings (SSSR count). The molecule has 0 bridgehead atoms. The summed E-state index contributed by atoms with van der Waals surface area (Å²) in [5.74, 6) is 0.890. The van der Waals surface area contributed by atoms with E-state index >= 15 is 0 Å². The van der Waals surface area contributed by atoms with Crippen LogP contribution in [-0.2, 0) is 0 Å². The van der Waals surface area contributed by atoms with E-state index in [1.807, 2.05) is 39.1 Å². The van der Waals surface area contributed by atoms with E-state index in [4.69, 9.17) is 5.73 Å². The van der Waals surface area contributed by atoms with Crippen LogP contribution in [0.15, 0.2) is 18.3 Å². The molecule has 1 heterocycles. The molecule has 0 radical (unpaired) electrons. The summed E-state index contributed by atoms with van der Waals surface area (Å²) in [7, 11) is 0. The summed E-state index contributed by atoms with van der Waals surface area (Å²) in [6.07, 6.45) is 1.83. The van der Waals surface area contributed by atoms with Crippen LogP contribution in [0.2, 0.25) is 0 Å². The van der Waals surface area contributed by atoms with E-state index in [2.05, 4.69) is 10.3 Å². The number of nitrogens with one attached hydrogen (secondary N) is 1. The topological polar surface area (TPSA) is 50.9 Å². The van der Waals surface area contributed by atoms with E-state index < -0.39 is 0 Å². The summed E-state index contributed by atoms with van der Waals surface area (Å²) in [4.78, 5) is 4.15. The summed E-state index contributed by atoms with van der Waals surface area (Å²) in [5, 5.41) is 3.09. The average molecular weight is 181 g/mol. The zero-order valence-corrected chi connectivity index (χ0v) is 8.67. The predicted octanol–water partition coefficient (Wildman–Crippen LogP) is 1.79. The van der Waals surface area contributed by atoms with Crippen LogP contribution in [0.25, 0.3) is 0 Å². The van der Waals surface area contributed by atoms with Crippen LogP contribution in [0.5, 0.6) is 0 Å². The standard InChI is InChI=1S/C8H13N3.C2H6/c1-7-2-3-8(11-6-7)10-5-4-9;1-2/h2-3,6H,4-5,9H2,1H3,(H,10,11);1-2H3. The zero-order chi connectivity index (χ0) is 10.1. The number of anilines is 1. The Balaban J connectivity index is 0.000000671. The Morgan fingerprint density at radius 1 is 1.38 bits per heavy atom. The third-order valence-electron chi connectivity index (χ3n) is 1.36. The van der Waals surface area contributed by atoms with Crippen LogP contribution in [-0.4, -0.2) is 18.1 Å². The second-order valence-corrected chi connectivity index (χ2v) is 2.44. The lowest BCUT2D eigenvalue weighted by Crippen LogP contribution is -2.13. The summed E-state index contributed by atoms with van der Waals surface area (Å²) < 4.78 is 0. The monoisotopic (exact) mass is 181 g/mol. The van der Waals surface area contributed by atoms with Crippen LogP contribution >= 0.6 is 0 Å². The molecule has 0 fully saturated rings. The van der Waals surface area contributed by atoms with Gasteiger partial charge in [0.25, 0.3) is 0 Å². The van der Waals surface area contributed by atoms with Crippen molar-refractivity contribution in [1.29, 1.82) is 0 Å². The Morgan fingerprint density at radius 2 is 2.08 bits per heavy atom. The summed E-state index contributed by atoms with van der Waals surface area (Å²) in [6.45, 7) is 7.42. The highest BCUT2D eigenvalue weighted by atomic mass is 15.0. The van der Waals surface area contributed by atoms with Crippen LogP contribution in [0.1, 0.15) is 19.4 Å². The molecule has 0 aliphatic heterocycles.